The number of para-hydroxylation sites is 2. The smallest absolute Gasteiger partial charge is 0.266 e. The molecule has 2 aromatic heterocycles. The van der Waals surface area contributed by atoms with Gasteiger partial charge in [-0.2, -0.15) is 0 Å². The van der Waals surface area contributed by atoms with Gasteiger partial charge < -0.3 is 9.30 Å². The maximum atomic E-state index is 13.3. The molecule has 4 aromatic rings. The predicted molar refractivity (Wildman–Crippen MR) is 133 cm³/mol. The van der Waals surface area contributed by atoms with Crippen molar-refractivity contribution in [1.82, 2.24) is 14.1 Å². The molecule has 170 valence electrons. The molecule has 0 N–H and O–H groups in total. The summed E-state index contributed by atoms with van der Waals surface area (Å²) in [6, 6.07) is 18.8. The molecule has 0 radical (unpaired) electrons. The first-order valence-electron chi connectivity index (χ1n) is 10.8. The highest BCUT2D eigenvalue weighted by molar-refractivity contribution is 7.99. The Labute approximate surface area is 197 Å². The van der Waals surface area contributed by atoms with E-state index in [0.29, 0.717) is 28.2 Å². The van der Waals surface area contributed by atoms with E-state index in [2.05, 4.69) is 11.5 Å². The van der Waals surface area contributed by atoms with Crippen LogP contribution in [0.15, 0.2) is 70.6 Å². The Kier molecular flexibility index (Phi) is 6.81. The zero-order chi connectivity index (χ0) is 23.5. The van der Waals surface area contributed by atoms with Gasteiger partial charge in [-0.15, -0.1) is 0 Å². The van der Waals surface area contributed by atoms with Gasteiger partial charge in [-0.3, -0.25) is 14.2 Å². The van der Waals surface area contributed by atoms with Crippen LogP contribution >= 0.6 is 11.8 Å². The topological polar surface area (TPSA) is 66.1 Å². The monoisotopic (exact) mass is 461 g/mol. The van der Waals surface area contributed by atoms with Crippen molar-refractivity contribution < 1.29 is 9.53 Å². The molecule has 0 aliphatic heterocycles. The van der Waals surface area contributed by atoms with E-state index in [0.717, 1.165) is 17.1 Å². The molecular formula is C26H27N3O3S. The highest BCUT2D eigenvalue weighted by Gasteiger charge is 2.20. The second-order valence-electron chi connectivity index (χ2n) is 8.06. The first-order chi connectivity index (χ1) is 15.9. The van der Waals surface area contributed by atoms with E-state index in [9.17, 15) is 9.59 Å². The summed E-state index contributed by atoms with van der Waals surface area (Å²) in [5.41, 5.74) is 3.84. The maximum Gasteiger partial charge on any atom is 0.266 e. The molecule has 0 saturated carbocycles. The summed E-state index contributed by atoms with van der Waals surface area (Å²) in [5, 5.41) is 1.05. The van der Waals surface area contributed by atoms with Gasteiger partial charge in [0.15, 0.2) is 10.9 Å². The molecule has 0 aliphatic rings. The Bertz CT molecular complexity index is 1360. The van der Waals surface area contributed by atoms with Gasteiger partial charge in [0.2, 0.25) is 0 Å². The summed E-state index contributed by atoms with van der Waals surface area (Å²) in [7, 11) is 1.68. The fraction of sp³-hybridized carbons (Fsp3) is 0.269. The third-order valence-electron chi connectivity index (χ3n) is 5.73. The zero-order valence-corrected chi connectivity index (χ0v) is 20.1. The van der Waals surface area contributed by atoms with Gasteiger partial charge in [0.25, 0.3) is 5.56 Å². The lowest BCUT2D eigenvalue weighted by molar-refractivity contribution is 0.102. The first kappa shape index (κ1) is 23.0. The number of hydrogen-bond acceptors (Lipinski definition) is 5. The molecule has 0 amide bonds. The molecule has 0 fully saturated rings. The number of aryl methyl sites for hydroxylation is 1. The number of carbonyl (C=O) groups excluding carboxylic acids is 1. The number of ketones is 1. The third-order valence-corrected chi connectivity index (χ3v) is 6.66. The van der Waals surface area contributed by atoms with Gasteiger partial charge in [0, 0.05) is 24.1 Å². The van der Waals surface area contributed by atoms with E-state index in [1.807, 2.05) is 68.4 Å². The largest absolute Gasteiger partial charge is 0.383 e. The molecule has 0 bridgehead atoms. The quantitative estimate of drug-likeness (QED) is 0.210. The molecule has 1 unspecified atom stereocenters. The summed E-state index contributed by atoms with van der Waals surface area (Å²) in [6.07, 6.45) is 0. The predicted octanol–water partition coefficient (Wildman–Crippen LogP) is 4.99. The lowest BCUT2D eigenvalue weighted by Gasteiger charge is -2.17. The van der Waals surface area contributed by atoms with Crippen LogP contribution in [0, 0.1) is 13.8 Å². The summed E-state index contributed by atoms with van der Waals surface area (Å²) in [6.45, 7) is 6.61. The summed E-state index contributed by atoms with van der Waals surface area (Å²) >= 11 is 1.28. The van der Waals surface area contributed by atoms with Crippen molar-refractivity contribution in [3.8, 4) is 5.69 Å². The average molecular weight is 462 g/mol. The number of thioether (sulfide) groups is 1. The minimum Gasteiger partial charge on any atom is -0.383 e. The number of benzene rings is 2. The van der Waals surface area contributed by atoms with Crippen molar-refractivity contribution in [2.24, 2.45) is 0 Å². The Morgan fingerprint density at radius 1 is 1.09 bits per heavy atom. The minimum absolute atomic E-state index is 0.00554. The zero-order valence-electron chi connectivity index (χ0n) is 19.2. The number of carbonyl (C=O) groups is 1. The van der Waals surface area contributed by atoms with Gasteiger partial charge in [0.05, 0.1) is 35.0 Å². The molecule has 2 heterocycles. The van der Waals surface area contributed by atoms with Gasteiger partial charge in [-0.25, -0.2) is 4.98 Å². The average Bonchev–Trinajstić information content (AvgIpc) is 3.12. The van der Waals surface area contributed by atoms with E-state index < -0.39 is 0 Å². The molecule has 6 nitrogen and oxygen atoms in total. The van der Waals surface area contributed by atoms with Crippen LogP contribution in [0.3, 0.4) is 0 Å². The molecule has 4 rings (SSSR count). The van der Waals surface area contributed by atoms with E-state index >= 15 is 0 Å². The highest BCUT2D eigenvalue weighted by Crippen LogP contribution is 2.25. The van der Waals surface area contributed by atoms with E-state index in [4.69, 9.17) is 9.72 Å². The number of rotatable bonds is 8. The standard InChI is InChI=1S/C26H27N3O3S/c1-17-14-22(19(3)28(17)18(2)15-32-4)24(30)16-33-26-27-23-13-9-8-12-21(23)25(31)29(26)20-10-6-5-7-11-20/h5-14,18H,15-16H2,1-4H3. The molecule has 2 aromatic carbocycles. The van der Waals surface area contributed by atoms with Crippen LogP contribution in [-0.2, 0) is 4.74 Å². The Balaban J connectivity index is 1.69. The second-order valence-corrected chi connectivity index (χ2v) is 9.00. The lowest BCUT2D eigenvalue weighted by Crippen LogP contribution is -2.22. The Morgan fingerprint density at radius 3 is 2.52 bits per heavy atom. The number of ether oxygens (including phenoxy) is 1. The second kappa shape index (κ2) is 9.77. The number of nitrogens with zero attached hydrogens (tertiary/aromatic N) is 3. The Morgan fingerprint density at radius 2 is 1.79 bits per heavy atom. The molecule has 1 atom stereocenters. The van der Waals surface area contributed by atoms with Crippen molar-refractivity contribution in [3.05, 3.63) is 88.0 Å². The molecule has 33 heavy (non-hydrogen) atoms. The molecule has 0 spiro atoms. The van der Waals surface area contributed by atoms with E-state index in [1.54, 1.807) is 17.7 Å². The number of Topliss-reactive ketones (excluding diaryl/α,β-unsaturated/α-hetero) is 1. The van der Waals surface area contributed by atoms with Crippen LogP contribution in [0.25, 0.3) is 16.6 Å². The van der Waals surface area contributed by atoms with Crippen molar-refractivity contribution >= 4 is 28.4 Å². The van der Waals surface area contributed by atoms with Gasteiger partial charge >= 0.3 is 0 Å². The van der Waals surface area contributed by atoms with Crippen molar-refractivity contribution in [1.29, 1.82) is 0 Å². The summed E-state index contributed by atoms with van der Waals surface area (Å²) in [5.74, 6) is 0.187. The van der Waals surface area contributed by atoms with Crippen LogP contribution in [0.5, 0.6) is 0 Å². The fourth-order valence-electron chi connectivity index (χ4n) is 4.28. The van der Waals surface area contributed by atoms with Crippen LogP contribution in [0.4, 0.5) is 0 Å². The Hall–Kier alpha value is -3.16. The number of aromatic nitrogens is 3. The van der Waals surface area contributed by atoms with Crippen LogP contribution in [0.1, 0.15) is 34.7 Å². The van der Waals surface area contributed by atoms with Gasteiger partial charge in [-0.1, -0.05) is 42.1 Å². The number of methoxy groups -OCH3 is 1. The van der Waals surface area contributed by atoms with Gasteiger partial charge in [-0.05, 0) is 51.1 Å². The first-order valence-corrected chi connectivity index (χ1v) is 11.8. The van der Waals surface area contributed by atoms with Crippen LogP contribution in [0.2, 0.25) is 0 Å². The van der Waals surface area contributed by atoms with Gasteiger partial charge in [0.1, 0.15) is 0 Å². The van der Waals surface area contributed by atoms with Crippen LogP contribution < -0.4 is 5.56 Å². The SMILES string of the molecule is COCC(C)n1c(C)cc(C(=O)CSc2nc3ccccc3c(=O)n2-c2ccccc2)c1C. The normalized spacial score (nSPS) is 12.2. The molecule has 7 heteroatoms. The van der Waals surface area contributed by atoms with Crippen molar-refractivity contribution in [2.45, 2.75) is 32.0 Å². The van der Waals surface area contributed by atoms with Crippen molar-refractivity contribution in [2.75, 3.05) is 19.5 Å². The highest BCUT2D eigenvalue weighted by atomic mass is 32.2. The van der Waals surface area contributed by atoms with Crippen LogP contribution in [-0.4, -0.2) is 39.4 Å². The lowest BCUT2D eigenvalue weighted by atomic mass is 10.2. The third kappa shape index (κ3) is 4.51. The summed E-state index contributed by atoms with van der Waals surface area (Å²) in [4.78, 5) is 31.2. The maximum absolute atomic E-state index is 13.3. The number of fused-ring (bicyclic) bond motifs is 1. The molecule has 0 aliphatic carbocycles. The number of hydrogen-bond donors (Lipinski definition) is 0. The van der Waals surface area contributed by atoms with E-state index in [-0.39, 0.29) is 23.1 Å². The summed E-state index contributed by atoms with van der Waals surface area (Å²) < 4.78 is 9.02. The van der Waals surface area contributed by atoms with Crippen molar-refractivity contribution in [3.63, 3.8) is 0 Å². The van der Waals surface area contributed by atoms with E-state index in [1.165, 1.54) is 11.8 Å². The fourth-order valence-corrected chi connectivity index (χ4v) is 5.17. The molecular weight excluding hydrogens is 434 g/mol. The molecule has 0 saturated heterocycles. The minimum atomic E-state index is -0.145.